The molecular weight excluding hydrogens is 264 g/mol. The lowest BCUT2D eigenvalue weighted by Gasteiger charge is -2.32. The Bertz CT molecular complexity index is 438. The Morgan fingerprint density at radius 1 is 1.14 bits per heavy atom. The molecule has 0 heterocycles. The highest BCUT2D eigenvalue weighted by molar-refractivity contribution is 5.68. The van der Waals surface area contributed by atoms with Crippen LogP contribution in [-0.4, -0.2) is 24.8 Å². The van der Waals surface area contributed by atoms with E-state index in [0.29, 0.717) is 0 Å². The molecule has 118 valence electrons. The molecule has 4 heteroatoms. The number of alkyl carbamates (subject to hydrolysis) is 1. The van der Waals surface area contributed by atoms with Crippen LogP contribution in [0, 0.1) is 5.92 Å². The van der Waals surface area contributed by atoms with E-state index in [1.54, 1.807) is 0 Å². The van der Waals surface area contributed by atoms with Crippen LogP contribution in [0.3, 0.4) is 0 Å². The largest absolute Gasteiger partial charge is 0.444 e. The first kappa shape index (κ1) is 17.5. The minimum absolute atomic E-state index is 0.0405. The van der Waals surface area contributed by atoms with Gasteiger partial charge in [-0.3, -0.25) is 0 Å². The van der Waals surface area contributed by atoms with Gasteiger partial charge in [0.1, 0.15) is 5.60 Å². The van der Waals surface area contributed by atoms with E-state index in [0.717, 1.165) is 5.56 Å². The van der Waals surface area contributed by atoms with Crippen LogP contribution < -0.4 is 10.6 Å². The Morgan fingerprint density at radius 2 is 1.71 bits per heavy atom. The fourth-order valence-electron chi connectivity index (χ4n) is 2.29. The normalized spacial score (nSPS) is 14.6. The summed E-state index contributed by atoms with van der Waals surface area (Å²) in [5, 5.41) is 6.30. The molecule has 0 fully saturated rings. The molecule has 0 aliphatic carbocycles. The van der Waals surface area contributed by atoms with Gasteiger partial charge < -0.3 is 15.4 Å². The first-order valence-electron chi connectivity index (χ1n) is 7.46. The molecule has 0 aromatic heterocycles. The van der Waals surface area contributed by atoms with E-state index in [1.165, 1.54) is 0 Å². The van der Waals surface area contributed by atoms with E-state index in [9.17, 15) is 4.79 Å². The summed E-state index contributed by atoms with van der Waals surface area (Å²) >= 11 is 0. The van der Waals surface area contributed by atoms with Crippen molar-refractivity contribution in [2.75, 3.05) is 7.05 Å². The molecule has 0 saturated carbocycles. The van der Waals surface area contributed by atoms with Crippen LogP contribution in [0.2, 0.25) is 0 Å². The van der Waals surface area contributed by atoms with Crippen molar-refractivity contribution in [3.05, 3.63) is 35.9 Å². The Labute approximate surface area is 128 Å². The van der Waals surface area contributed by atoms with Crippen LogP contribution in [0.5, 0.6) is 0 Å². The van der Waals surface area contributed by atoms with Gasteiger partial charge >= 0.3 is 6.09 Å². The molecule has 0 aliphatic heterocycles. The van der Waals surface area contributed by atoms with Crippen molar-refractivity contribution in [2.45, 2.75) is 52.3 Å². The maximum atomic E-state index is 12.1. The van der Waals surface area contributed by atoms with Gasteiger partial charge in [0.2, 0.25) is 0 Å². The molecule has 1 amide bonds. The van der Waals surface area contributed by atoms with Crippen LogP contribution >= 0.6 is 0 Å². The number of benzene rings is 1. The lowest BCUT2D eigenvalue weighted by atomic mass is 9.91. The molecule has 1 aromatic carbocycles. The summed E-state index contributed by atoms with van der Waals surface area (Å²) in [6, 6.07) is 10.1. The second kappa shape index (κ2) is 7.46. The monoisotopic (exact) mass is 292 g/mol. The summed E-state index contributed by atoms with van der Waals surface area (Å²) in [6.07, 6.45) is -0.377. The van der Waals surface area contributed by atoms with Crippen molar-refractivity contribution < 1.29 is 9.53 Å². The van der Waals surface area contributed by atoms with Gasteiger partial charge in [-0.25, -0.2) is 4.79 Å². The number of likely N-dealkylation sites (N-methyl/N-ethyl adjacent to an activating group) is 1. The van der Waals surface area contributed by atoms with E-state index < -0.39 is 5.60 Å². The van der Waals surface area contributed by atoms with Crippen molar-refractivity contribution in [1.29, 1.82) is 0 Å². The van der Waals surface area contributed by atoms with Gasteiger partial charge in [-0.05, 0) is 39.3 Å². The third kappa shape index (κ3) is 5.76. The zero-order chi connectivity index (χ0) is 16.0. The second-order valence-electron chi connectivity index (χ2n) is 6.59. The Morgan fingerprint density at radius 3 is 2.14 bits per heavy atom. The van der Waals surface area contributed by atoms with Crippen molar-refractivity contribution in [3.63, 3.8) is 0 Å². The van der Waals surface area contributed by atoms with Crippen molar-refractivity contribution >= 4 is 6.09 Å². The van der Waals surface area contributed by atoms with Gasteiger partial charge in [0, 0.05) is 0 Å². The Balaban J connectivity index is 2.87. The molecule has 1 rings (SSSR count). The van der Waals surface area contributed by atoms with Gasteiger partial charge in [-0.15, -0.1) is 0 Å². The average Bonchev–Trinajstić information content (AvgIpc) is 2.37. The molecule has 0 saturated heterocycles. The minimum atomic E-state index is -0.493. The predicted octanol–water partition coefficient (Wildman–Crippen LogP) is 3.50. The van der Waals surface area contributed by atoms with Gasteiger partial charge in [0.25, 0.3) is 0 Å². The van der Waals surface area contributed by atoms with E-state index >= 15 is 0 Å². The van der Waals surface area contributed by atoms with Crippen molar-refractivity contribution in [1.82, 2.24) is 10.6 Å². The number of amides is 1. The molecule has 0 spiro atoms. The van der Waals surface area contributed by atoms with Gasteiger partial charge in [-0.1, -0.05) is 44.2 Å². The lowest BCUT2D eigenvalue weighted by Crippen LogP contribution is -2.48. The molecule has 0 radical (unpaired) electrons. The summed E-state index contributed by atoms with van der Waals surface area (Å²) in [7, 11) is 1.91. The van der Waals surface area contributed by atoms with Gasteiger partial charge in [-0.2, -0.15) is 0 Å². The molecular formula is C17H28N2O2. The van der Waals surface area contributed by atoms with Crippen LogP contribution in [-0.2, 0) is 4.74 Å². The first-order valence-corrected chi connectivity index (χ1v) is 7.46. The van der Waals surface area contributed by atoms with Gasteiger partial charge in [0.05, 0.1) is 12.1 Å². The zero-order valence-corrected chi connectivity index (χ0v) is 13.9. The number of nitrogens with one attached hydrogen (secondary N) is 2. The molecule has 0 bridgehead atoms. The van der Waals surface area contributed by atoms with Crippen LogP contribution in [0.25, 0.3) is 0 Å². The maximum absolute atomic E-state index is 12.1. The summed E-state index contributed by atoms with van der Waals surface area (Å²) in [6.45, 7) is 9.78. The van der Waals surface area contributed by atoms with Crippen molar-refractivity contribution in [2.24, 2.45) is 5.92 Å². The summed E-state index contributed by atoms with van der Waals surface area (Å²) in [5.74, 6) is 0.273. The predicted molar refractivity (Wildman–Crippen MR) is 86.2 cm³/mol. The van der Waals surface area contributed by atoms with E-state index in [4.69, 9.17) is 4.74 Å². The number of carbonyl (C=O) groups is 1. The number of hydrogen-bond acceptors (Lipinski definition) is 3. The molecule has 21 heavy (non-hydrogen) atoms. The first-order chi connectivity index (χ1) is 9.74. The number of rotatable bonds is 5. The van der Waals surface area contributed by atoms with Crippen molar-refractivity contribution in [3.8, 4) is 0 Å². The van der Waals surface area contributed by atoms with Gasteiger partial charge in [0.15, 0.2) is 0 Å². The Kier molecular flexibility index (Phi) is 6.21. The molecule has 4 nitrogen and oxygen atoms in total. The molecule has 0 unspecified atom stereocenters. The van der Waals surface area contributed by atoms with E-state index in [2.05, 4.69) is 36.6 Å². The van der Waals surface area contributed by atoms with E-state index in [1.807, 2.05) is 46.0 Å². The second-order valence-corrected chi connectivity index (χ2v) is 6.59. The average molecular weight is 292 g/mol. The molecule has 1 aromatic rings. The quantitative estimate of drug-likeness (QED) is 0.873. The summed E-state index contributed by atoms with van der Waals surface area (Å²) in [4.78, 5) is 12.1. The summed E-state index contributed by atoms with van der Waals surface area (Å²) in [5.41, 5.74) is 0.655. The molecule has 0 aliphatic rings. The molecule has 2 N–H and O–H groups in total. The fourth-order valence-corrected chi connectivity index (χ4v) is 2.29. The van der Waals surface area contributed by atoms with E-state index in [-0.39, 0.29) is 24.1 Å². The van der Waals surface area contributed by atoms with Crippen LogP contribution in [0.15, 0.2) is 30.3 Å². The highest BCUT2D eigenvalue weighted by Gasteiger charge is 2.28. The standard InChI is InChI=1S/C17H28N2O2/c1-12(2)14(19-16(20)21-17(3,4)5)15(18-6)13-10-8-7-9-11-13/h7-12,14-15,18H,1-6H3,(H,19,20)/t14-,15+/m1/s1. The number of ether oxygens (including phenoxy) is 1. The lowest BCUT2D eigenvalue weighted by molar-refractivity contribution is 0.0475. The highest BCUT2D eigenvalue weighted by Crippen LogP contribution is 2.22. The zero-order valence-electron chi connectivity index (χ0n) is 13.9. The third-order valence-corrected chi connectivity index (χ3v) is 3.23. The Hall–Kier alpha value is -1.55. The van der Waals surface area contributed by atoms with Crippen LogP contribution in [0.1, 0.15) is 46.2 Å². The maximum Gasteiger partial charge on any atom is 0.407 e. The number of hydrogen-bond donors (Lipinski definition) is 2. The van der Waals surface area contributed by atoms with Crippen LogP contribution in [0.4, 0.5) is 4.79 Å². The minimum Gasteiger partial charge on any atom is -0.444 e. The number of carbonyl (C=O) groups excluding carboxylic acids is 1. The highest BCUT2D eigenvalue weighted by atomic mass is 16.6. The molecule has 2 atom stereocenters. The SMILES string of the molecule is CN[C@@H](c1ccccc1)[C@H](NC(=O)OC(C)(C)C)C(C)C. The summed E-state index contributed by atoms with van der Waals surface area (Å²) < 4.78 is 5.37. The fraction of sp³-hybridized carbons (Fsp3) is 0.588. The smallest absolute Gasteiger partial charge is 0.407 e. The topological polar surface area (TPSA) is 50.4 Å². The third-order valence-electron chi connectivity index (χ3n) is 3.23.